The number of nitrogens with one attached hydrogen (secondary N) is 1. The maximum Gasteiger partial charge on any atom is 0.240 e. The van der Waals surface area contributed by atoms with Crippen LogP contribution >= 0.6 is 0 Å². The second kappa shape index (κ2) is 6.52. The first-order valence-corrected chi connectivity index (χ1v) is 6.50. The molecule has 5 heteroatoms. The molecular formula is C13H22N2O3. The largest absolute Gasteiger partial charge is 0.368 e. The third-order valence-corrected chi connectivity index (χ3v) is 3.21. The van der Waals surface area contributed by atoms with Gasteiger partial charge in [-0.1, -0.05) is 13.8 Å². The van der Waals surface area contributed by atoms with Gasteiger partial charge in [0.05, 0.1) is 0 Å². The molecule has 0 aliphatic heterocycles. The van der Waals surface area contributed by atoms with Gasteiger partial charge in [-0.3, -0.25) is 14.4 Å². The average Bonchev–Trinajstić information content (AvgIpc) is 2.24. The van der Waals surface area contributed by atoms with Gasteiger partial charge in [0.15, 0.2) is 0 Å². The van der Waals surface area contributed by atoms with Crippen LogP contribution in [0.25, 0.3) is 0 Å². The molecule has 1 fully saturated rings. The van der Waals surface area contributed by atoms with E-state index < -0.39 is 11.9 Å². The quantitative estimate of drug-likeness (QED) is 0.759. The Morgan fingerprint density at radius 1 is 1.44 bits per heavy atom. The number of Topliss-reactive ketones (excluding diaryl/α,β-unsaturated/α-hetero) is 1. The smallest absolute Gasteiger partial charge is 0.240 e. The Bertz CT molecular complexity index is 339. The van der Waals surface area contributed by atoms with E-state index in [9.17, 15) is 14.4 Å². The van der Waals surface area contributed by atoms with Crippen molar-refractivity contribution in [3.05, 3.63) is 0 Å². The number of hydrogen-bond donors (Lipinski definition) is 2. The number of carbonyl (C=O) groups is 3. The van der Waals surface area contributed by atoms with Crippen molar-refractivity contribution in [2.45, 2.75) is 52.0 Å². The molecule has 0 saturated heterocycles. The standard InChI is InChI=1S/C13H22N2O3/c1-8(2)6-11(17)15-12(13(14)18)9-4-3-5-10(16)7-9/h8-9,12H,3-7H2,1-2H3,(H2,14,18)(H,15,17)/t9-,12-/m0/s1. The molecule has 0 heterocycles. The first-order valence-electron chi connectivity index (χ1n) is 6.50. The molecular weight excluding hydrogens is 232 g/mol. The zero-order chi connectivity index (χ0) is 13.7. The summed E-state index contributed by atoms with van der Waals surface area (Å²) in [5.41, 5.74) is 5.33. The molecule has 0 radical (unpaired) electrons. The fourth-order valence-corrected chi connectivity index (χ4v) is 2.37. The SMILES string of the molecule is CC(C)CC(=O)N[C@H](C(N)=O)[C@H]1CCCC(=O)C1. The van der Waals surface area contributed by atoms with Crippen LogP contribution in [0.3, 0.4) is 0 Å². The molecule has 0 spiro atoms. The highest BCUT2D eigenvalue weighted by atomic mass is 16.2. The van der Waals surface area contributed by atoms with Gasteiger partial charge in [0.25, 0.3) is 0 Å². The van der Waals surface area contributed by atoms with Crippen LogP contribution in [0.2, 0.25) is 0 Å². The van der Waals surface area contributed by atoms with Gasteiger partial charge in [-0.25, -0.2) is 0 Å². The van der Waals surface area contributed by atoms with Crippen LogP contribution in [0.15, 0.2) is 0 Å². The van der Waals surface area contributed by atoms with Crippen LogP contribution < -0.4 is 11.1 Å². The van der Waals surface area contributed by atoms with Crippen molar-refractivity contribution >= 4 is 17.6 Å². The molecule has 0 aromatic rings. The Morgan fingerprint density at radius 3 is 2.61 bits per heavy atom. The number of nitrogens with two attached hydrogens (primary N) is 1. The van der Waals surface area contributed by atoms with E-state index in [1.165, 1.54) is 0 Å². The minimum absolute atomic E-state index is 0.139. The Kier molecular flexibility index (Phi) is 5.31. The summed E-state index contributed by atoms with van der Waals surface area (Å²) in [5, 5.41) is 2.67. The predicted octanol–water partition coefficient (Wildman–Crippen LogP) is 0.762. The topological polar surface area (TPSA) is 89.3 Å². The summed E-state index contributed by atoms with van der Waals surface area (Å²) in [6.07, 6.45) is 2.82. The Hall–Kier alpha value is -1.39. The minimum atomic E-state index is -0.708. The van der Waals surface area contributed by atoms with Crippen molar-refractivity contribution in [2.75, 3.05) is 0 Å². The highest BCUT2D eigenvalue weighted by Crippen LogP contribution is 2.24. The maximum atomic E-state index is 11.7. The molecule has 2 amide bonds. The van der Waals surface area contributed by atoms with E-state index in [2.05, 4.69) is 5.32 Å². The highest BCUT2D eigenvalue weighted by Gasteiger charge is 2.31. The maximum absolute atomic E-state index is 11.7. The summed E-state index contributed by atoms with van der Waals surface area (Å²) in [6, 6.07) is -0.708. The Balaban J connectivity index is 2.62. The number of amides is 2. The van der Waals surface area contributed by atoms with E-state index in [4.69, 9.17) is 5.73 Å². The van der Waals surface area contributed by atoms with Crippen molar-refractivity contribution < 1.29 is 14.4 Å². The lowest BCUT2D eigenvalue weighted by atomic mass is 9.82. The van der Waals surface area contributed by atoms with Crippen LogP contribution in [-0.2, 0) is 14.4 Å². The van der Waals surface area contributed by atoms with Crippen LogP contribution in [-0.4, -0.2) is 23.6 Å². The normalized spacial score (nSPS) is 21.7. The van der Waals surface area contributed by atoms with E-state index in [1.54, 1.807) is 0 Å². The van der Waals surface area contributed by atoms with Gasteiger partial charge in [-0.2, -0.15) is 0 Å². The highest BCUT2D eigenvalue weighted by molar-refractivity contribution is 5.88. The van der Waals surface area contributed by atoms with Gasteiger partial charge >= 0.3 is 0 Å². The molecule has 0 bridgehead atoms. The molecule has 1 aliphatic carbocycles. The van der Waals surface area contributed by atoms with Crippen LogP contribution in [0.1, 0.15) is 46.0 Å². The Labute approximate surface area is 107 Å². The average molecular weight is 254 g/mol. The number of hydrogen-bond acceptors (Lipinski definition) is 3. The summed E-state index contributed by atoms with van der Waals surface area (Å²) in [6.45, 7) is 3.87. The molecule has 0 aromatic carbocycles. The minimum Gasteiger partial charge on any atom is -0.368 e. The van der Waals surface area contributed by atoms with E-state index in [1.807, 2.05) is 13.8 Å². The molecule has 1 aliphatic rings. The summed E-state index contributed by atoms with van der Waals surface area (Å²) < 4.78 is 0. The Morgan fingerprint density at radius 2 is 2.11 bits per heavy atom. The molecule has 1 saturated carbocycles. The fraction of sp³-hybridized carbons (Fsp3) is 0.769. The molecule has 0 unspecified atom stereocenters. The summed E-state index contributed by atoms with van der Waals surface area (Å²) in [4.78, 5) is 34.5. The van der Waals surface area contributed by atoms with Gasteiger partial charge in [-0.05, 0) is 24.7 Å². The van der Waals surface area contributed by atoms with Gasteiger partial charge in [0, 0.05) is 19.3 Å². The second-order valence-corrected chi connectivity index (χ2v) is 5.44. The summed E-state index contributed by atoms with van der Waals surface area (Å²) >= 11 is 0. The van der Waals surface area contributed by atoms with E-state index in [0.717, 1.165) is 12.8 Å². The van der Waals surface area contributed by atoms with Crippen molar-refractivity contribution in [1.29, 1.82) is 0 Å². The van der Waals surface area contributed by atoms with Gasteiger partial charge in [0.1, 0.15) is 11.8 Å². The monoisotopic (exact) mass is 254 g/mol. The number of ketones is 1. The molecule has 0 aromatic heterocycles. The molecule has 5 nitrogen and oxygen atoms in total. The fourth-order valence-electron chi connectivity index (χ4n) is 2.37. The van der Waals surface area contributed by atoms with E-state index >= 15 is 0 Å². The third kappa shape index (κ3) is 4.47. The lowest BCUT2D eigenvalue weighted by molar-refractivity contribution is -0.130. The number of primary amides is 1. The van der Waals surface area contributed by atoms with E-state index in [-0.39, 0.29) is 23.5 Å². The summed E-state index contributed by atoms with van der Waals surface area (Å²) in [5.74, 6) is -0.486. The van der Waals surface area contributed by atoms with E-state index in [0.29, 0.717) is 19.3 Å². The van der Waals surface area contributed by atoms with Crippen LogP contribution in [0, 0.1) is 11.8 Å². The molecule has 102 valence electrons. The zero-order valence-corrected chi connectivity index (χ0v) is 11.1. The van der Waals surface area contributed by atoms with Crippen LogP contribution in [0.4, 0.5) is 0 Å². The number of carbonyl (C=O) groups excluding carboxylic acids is 3. The molecule has 18 heavy (non-hydrogen) atoms. The first-order chi connectivity index (χ1) is 8.40. The first kappa shape index (κ1) is 14.7. The third-order valence-electron chi connectivity index (χ3n) is 3.21. The van der Waals surface area contributed by atoms with Crippen molar-refractivity contribution in [1.82, 2.24) is 5.32 Å². The summed E-state index contributed by atoms with van der Waals surface area (Å²) in [7, 11) is 0. The predicted molar refractivity (Wildman–Crippen MR) is 67.5 cm³/mol. The zero-order valence-electron chi connectivity index (χ0n) is 11.1. The molecule has 2 atom stereocenters. The van der Waals surface area contributed by atoms with Gasteiger partial charge in [-0.15, -0.1) is 0 Å². The second-order valence-electron chi connectivity index (χ2n) is 5.44. The lowest BCUT2D eigenvalue weighted by Gasteiger charge is -2.28. The van der Waals surface area contributed by atoms with Gasteiger partial charge in [0.2, 0.25) is 11.8 Å². The molecule has 1 rings (SSSR count). The van der Waals surface area contributed by atoms with Crippen molar-refractivity contribution in [3.63, 3.8) is 0 Å². The molecule has 3 N–H and O–H groups in total. The van der Waals surface area contributed by atoms with Crippen molar-refractivity contribution in [3.8, 4) is 0 Å². The van der Waals surface area contributed by atoms with Crippen LogP contribution in [0.5, 0.6) is 0 Å². The van der Waals surface area contributed by atoms with Crippen molar-refractivity contribution in [2.24, 2.45) is 17.6 Å². The lowest BCUT2D eigenvalue weighted by Crippen LogP contribution is -2.50. The van der Waals surface area contributed by atoms with Gasteiger partial charge < -0.3 is 11.1 Å². The number of rotatable bonds is 5.